The minimum Gasteiger partial charge on any atom is -0.548 e. The van der Waals surface area contributed by atoms with Crippen molar-refractivity contribution in [1.29, 1.82) is 0 Å². The number of aromatic nitrogens is 4. The zero-order valence-corrected chi connectivity index (χ0v) is 11.5. The number of ether oxygens (including phenoxy) is 1. The summed E-state index contributed by atoms with van der Waals surface area (Å²) in [5.74, 6) is -1.05. The summed E-state index contributed by atoms with van der Waals surface area (Å²) in [5, 5.41) is 10.7. The summed E-state index contributed by atoms with van der Waals surface area (Å²) < 4.78 is 6.95. The van der Waals surface area contributed by atoms with E-state index in [4.69, 9.17) is 10.5 Å². The van der Waals surface area contributed by atoms with Gasteiger partial charge in [-0.3, -0.25) is 0 Å². The van der Waals surface area contributed by atoms with Gasteiger partial charge in [0.05, 0.1) is 18.8 Å². The average Bonchev–Trinajstić information content (AvgIpc) is 2.88. The van der Waals surface area contributed by atoms with E-state index in [1.807, 2.05) is 30.3 Å². The number of rotatable bonds is 5. The standard InChI is InChI=1S/C14H13N5O3/c15-14-17-12-11(16-8-19(12)6-10(20)21)13(18-14)22-7-9-4-2-1-3-5-9/h1-5,8H,6-7H2,(H,20,21)(H2,15,17,18)/p-1. The molecule has 0 aliphatic carbocycles. The summed E-state index contributed by atoms with van der Waals surface area (Å²) in [7, 11) is 0. The first-order chi connectivity index (χ1) is 10.6. The van der Waals surface area contributed by atoms with E-state index in [9.17, 15) is 9.90 Å². The van der Waals surface area contributed by atoms with Gasteiger partial charge < -0.3 is 24.9 Å². The largest absolute Gasteiger partial charge is 0.548 e. The molecule has 22 heavy (non-hydrogen) atoms. The normalized spacial score (nSPS) is 10.7. The smallest absolute Gasteiger partial charge is 0.247 e. The maximum atomic E-state index is 10.7. The van der Waals surface area contributed by atoms with Crippen molar-refractivity contribution in [2.45, 2.75) is 13.2 Å². The molecule has 2 N–H and O–H groups in total. The fourth-order valence-corrected chi connectivity index (χ4v) is 2.02. The number of nitrogen functional groups attached to an aromatic ring is 1. The number of aliphatic carboxylic acids is 1. The van der Waals surface area contributed by atoms with E-state index in [1.165, 1.54) is 10.9 Å². The lowest BCUT2D eigenvalue weighted by molar-refractivity contribution is -0.306. The minimum absolute atomic E-state index is 0.0179. The van der Waals surface area contributed by atoms with E-state index in [0.717, 1.165) is 5.56 Å². The van der Waals surface area contributed by atoms with Crippen LogP contribution in [0.25, 0.3) is 11.2 Å². The van der Waals surface area contributed by atoms with Crippen molar-refractivity contribution >= 4 is 23.1 Å². The van der Waals surface area contributed by atoms with Gasteiger partial charge in [0.25, 0.3) is 0 Å². The number of imidazole rings is 1. The fourth-order valence-electron chi connectivity index (χ4n) is 2.02. The molecule has 8 nitrogen and oxygen atoms in total. The van der Waals surface area contributed by atoms with Crippen LogP contribution in [0.4, 0.5) is 5.95 Å². The van der Waals surface area contributed by atoms with Crippen LogP contribution < -0.4 is 15.6 Å². The maximum absolute atomic E-state index is 10.7. The molecule has 3 aromatic rings. The van der Waals surface area contributed by atoms with Crippen molar-refractivity contribution < 1.29 is 14.6 Å². The van der Waals surface area contributed by atoms with E-state index in [0.29, 0.717) is 17.8 Å². The highest BCUT2D eigenvalue weighted by Gasteiger charge is 2.13. The van der Waals surface area contributed by atoms with Crippen molar-refractivity contribution in [2.24, 2.45) is 0 Å². The monoisotopic (exact) mass is 298 g/mol. The van der Waals surface area contributed by atoms with Gasteiger partial charge >= 0.3 is 0 Å². The Balaban J connectivity index is 1.92. The molecule has 0 atom stereocenters. The molecule has 3 rings (SSSR count). The van der Waals surface area contributed by atoms with Crippen molar-refractivity contribution in [2.75, 3.05) is 5.73 Å². The third-order valence-electron chi connectivity index (χ3n) is 2.97. The zero-order valence-electron chi connectivity index (χ0n) is 11.5. The van der Waals surface area contributed by atoms with Crippen LogP contribution in [0.5, 0.6) is 5.88 Å². The molecule has 0 fully saturated rings. The fraction of sp³-hybridized carbons (Fsp3) is 0.143. The predicted octanol–water partition coefficient (Wildman–Crippen LogP) is -0.263. The topological polar surface area (TPSA) is 119 Å². The number of fused-ring (bicyclic) bond motifs is 1. The molecule has 0 saturated carbocycles. The van der Waals surface area contributed by atoms with Crippen LogP contribution >= 0.6 is 0 Å². The van der Waals surface area contributed by atoms with Gasteiger partial charge in [-0.2, -0.15) is 9.97 Å². The van der Waals surface area contributed by atoms with Gasteiger partial charge in [-0.05, 0) is 5.56 Å². The van der Waals surface area contributed by atoms with Gasteiger partial charge in [0.1, 0.15) is 6.61 Å². The Morgan fingerprint density at radius 2 is 2.05 bits per heavy atom. The van der Waals surface area contributed by atoms with Crippen LogP contribution in [0.15, 0.2) is 36.7 Å². The van der Waals surface area contributed by atoms with Gasteiger partial charge in [0, 0.05) is 0 Å². The van der Waals surface area contributed by atoms with Gasteiger partial charge in [-0.1, -0.05) is 30.3 Å². The molecule has 0 aliphatic rings. The lowest BCUT2D eigenvalue weighted by Crippen LogP contribution is -2.27. The third-order valence-corrected chi connectivity index (χ3v) is 2.97. The molecule has 0 radical (unpaired) electrons. The van der Waals surface area contributed by atoms with Gasteiger partial charge in [0.2, 0.25) is 11.8 Å². The van der Waals surface area contributed by atoms with Gasteiger partial charge in [0.15, 0.2) is 11.2 Å². The van der Waals surface area contributed by atoms with Crippen molar-refractivity contribution in [3.05, 3.63) is 42.2 Å². The highest BCUT2D eigenvalue weighted by molar-refractivity contribution is 5.79. The van der Waals surface area contributed by atoms with E-state index in [-0.39, 0.29) is 18.4 Å². The number of nitrogens with two attached hydrogens (primary N) is 1. The number of carboxylic acids is 1. The molecule has 8 heteroatoms. The van der Waals surface area contributed by atoms with Gasteiger partial charge in [-0.15, -0.1) is 0 Å². The number of carbonyl (C=O) groups is 1. The molecule has 0 spiro atoms. The number of carboxylic acid groups (broad SMARTS) is 1. The number of anilines is 1. The summed E-state index contributed by atoms with van der Waals surface area (Å²) in [6, 6.07) is 9.53. The Labute approximate surface area is 125 Å². The quantitative estimate of drug-likeness (QED) is 0.689. The van der Waals surface area contributed by atoms with E-state index in [1.54, 1.807) is 0 Å². The molecule has 0 unspecified atom stereocenters. The van der Waals surface area contributed by atoms with E-state index < -0.39 is 5.97 Å². The molecular formula is C14H12N5O3-. The summed E-state index contributed by atoms with van der Waals surface area (Å²) in [5.41, 5.74) is 7.25. The van der Waals surface area contributed by atoms with Crippen molar-refractivity contribution in [1.82, 2.24) is 19.5 Å². The van der Waals surface area contributed by atoms with Crippen LogP contribution in [0.3, 0.4) is 0 Å². The summed E-state index contributed by atoms with van der Waals surface area (Å²) in [6.07, 6.45) is 1.34. The molecule has 0 saturated heterocycles. The van der Waals surface area contributed by atoms with Crippen LogP contribution in [0, 0.1) is 0 Å². The van der Waals surface area contributed by atoms with Crippen molar-refractivity contribution in [3.8, 4) is 5.88 Å². The molecule has 1 aromatic carbocycles. The number of hydrogen-bond donors (Lipinski definition) is 1. The Morgan fingerprint density at radius 1 is 1.27 bits per heavy atom. The number of hydrogen-bond acceptors (Lipinski definition) is 7. The first-order valence-electron chi connectivity index (χ1n) is 6.48. The van der Waals surface area contributed by atoms with Crippen LogP contribution in [-0.4, -0.2) is 25.5 Å². The van der Waals surface area contributed by atoms with Gasteiger partial charge in [-0.25, -0.2) is 4.98 Å². The molecule has 0 bridgehead atoms. The number of nitrogens with zero attached hydrogens (tertiary/aromatic N) is 4. The SMILES string of the molecule is Nc1nc(OCc2ccccc2)c2ncn(CC(=O)[O-])c2n1. The van der Waals surface area contributed by atoms with Crippen molar-refractivity contribution in [3.63, 3.8) is 0 Å². The molecule has 0 amide bonds. The Hall–Kier alpha value is -3.16. The molecule has 2 aromatic heterocycles. The first-order valence-corrected chi connectivity index (χ1v) is 6.48. The molecule has 2 heterocycles. The summed E-state index contributed by atoms with van der Waals surface area (Å²) in [6.45, 7) is -0.0786. The Morgan fingerprint density at radius 3 is 2.77 bits per heavy atom. The highest BCUT2D eigenvalue weighted by Crippen LogP contribution is 2.22. The molecular weight excluding hydrogens is 286 g/mol. The summed E-state index contributed by atoms with van der Waals surface area (Å²) in [4.78, 5) is 22.8. The second-order valence-electron chi connectivity index (χ2n) is 4.58. The highest BCUT2D eigenvalue weighted by atomic mass is 16.5. The zero-order chi connectivity index (χ0) is 15.5. The number of carbonyl (C=O) groups excluding carboxylic acids is 1. The van der Waals surface area contributed by atoms with Crippen LogP contribution in [0.1, 0.15) is 5.56 Å². The predicted molar refractivity (Wildman–Crippen MR) is 75.5 cm³/mol. The molecule has 0 aliphatic heterocycles. The van der Waals surface area contributed by atoms with Crippen LogP contribution in [-0.2, 0) is 17.9 Å². The number of benzene rings is 1. The second-order valence-corrected chi connectivity index (χ2v) is 4.58. The Kier molecular flexibility index (Phi) is 3.57. The van der Waals surface area contributed by atoms with E-state index in [2.05, 4.69) is 15.0 Å². The third kappa shape index (κ3) is 2.80. The summed E-state index contributed by atoms with van der Waals surface area (Å²) >= 11 is 0. The van der Waals surface area contributed by atoms with E-state index >= 15 is 0 Å². The average molecular weight is 298 g/mol. The Bertz CT molecular complexity index is 816. The minimum atomic E-state index is -1.25. The first kappa shape index (κ1) is 13.8. The van der Waals surface area contributed by atoms with Crippen LogP contribution in [0.2, 0.25) is 0 Å². The lowest BCUT2D eigenvalue weighted by Gasteiger charge is -2.08. The second kappa shape index (κ2) is 5.68. The lowest BCUT2D eigenvalue weighted by atomic mass is 10.2. The maximum Gasteiger partial charge on any atom is 0.247 e. The molecule has 112 valence electrons.